The summed E-state index contributed by atoms with van der Waals surface area (Å²) in [6.45, 7) is 1.19. The van der Waals surface area contributed by atoms with Crippen LogP contribution >= 0.6 is 11.8 Å². The molecule has 0 aliphatic carbocycles. The Morgan fingerprint density at radius 1 is 1.29 bits per heavy atom. The number of aromatic nitrogens is 1. The number of amides is 1. The summed E-state index contributed by atoms with van der Waals surface area (Å²) < 4.78 is 0. The van der Waals surface area contributed by atoms with Crippen molar-refractivity contribution in [3.63, 3.8) is 0 Å². The van der Waals surface area contributed by atoms with Gasteiger partial charge >= 0.3 is 6.09 Å². The molecule has 2 aromatic rings. The standard InChI is InChI=1S/C15H16N2O3S/c18-14-13-2-1-12(9-10(13)3-6-16-14)21-11-4-7-17(8-5-11)15(19)20/h1-3,6,9,11H,4-5,7-8H2,(H,16,18)(H,19,20). The van der Waals surface area contributed by atoms with Gasteiger partial charge in [0.05, 0.1) is 0 Å². The van der Waals surface area contributed by atoms with E-state index in [4.69, 9.17) is 5.11 Å². The van der Waals surface area contributed by atoms with Crippen LogP contribution in [0.5, 0.6) is 0 Å². The lowest BCUT2D eigenvalue weighted by atomic mass is 10.1. The number of pyridine rings is 1. The number of H-pyrrole nitrogens is 1. The molecule has 6 heteroatoms. The summed E-state index contributed by atoms with van der Waals surface area (Å²) >= 11 is 1.77. The third-order valence-corrected chi connectivity index (χ3v) is 5.09. The van der Waals surface area contributed by atoms with Gasteiger partial charge in [0.2, 0.25) is 0 Å². The molecule has 110 valence electrons. The molecule has 2 heterocycles. The predicted molar refractivity (Wildman–Crippen MR) is 83.0 cm³/mol. The maximum absolute atomic E-state index is 11.7. The molecule has 0 saturated carbocycles. The van der Waals surface area contributed by atoms with E-state index in [1.54, 1.807) is 18.0 Å². The first-order valence-corrected chi connectivity index (χ1v) is 7.77. The minimum Gasteiger partial charge on any atom is -0.465 e. The van der Waals surface area contributed by atoms with Crippen LogP contribution in [0.3, 0.4) is 0 Å². The van der Waals surface area contributed by atoms with Crippen LogP contribution in [-0.4, -0.2) is 39.4 Å². The lowest BCUT2D eigenvalue weighted by Gasteiger charge is -2.29. The van der Waals surface area contributed by atoms with Gasteiger partial charge < -0.3 is 15.0 Å². The van der Waals surface area contributed by atoms with Gasteiger partial charge in [-0.05, 0) is 42.5 Å². The normalized spacial score (nSPS) is 16.3. The monoisotopic (exact) mass is 304 g/mol. The molecular formula is C15H16N2O3S. The van der Waals surface area contributed by atoms with Crippen molar-refractivity contribution in [3.05, 3.63) is 40.8 Å². The lowest BCUT2D eigenvalue weighted by molar-refractivity contribution is 0.136. The van der Waals surface area contributed by atoms with Crippen molar-refractivity contribution in [1.29, 1.82) is 0 Å². The fraction of sp³-hybridized carbons (Fsp3) is 0.333. The topological polar surface area (TPSA) is 73.4 Å². The Kier molecular flexibility index (Phi) is 3.88. The molecule has 1 aliphatic heterocycles. The number of nitrogens with one attached hydrogen (secondary N) is 1. The molecule has 0 unspecified atom stereocenters. The van der Waals surface area contributed by atoms with E-state index < -0.39 is 6.09 Å². The number of benzene rings is 1. The molecule has 1 amide bonds. The number of rotatable bonds is 2. The smallest absolute Gasteiger partial charge is 0.407 e. The van der Waals surface area contributed by atoms with Gasteiger partial charge in [0.1, 0.15) is 0 Å². The van der Waals surface area contributed by atoms with Crippen LogP contribution in [0, 0.1) is 0 Å². The average molecular weight is 304 g/mol. The molecule has 0 bridgehead atoms. The summed E-state index contributed by atoms with van der Waals surface area (Å²) in [6, 6.07) is 7.74. The quantitative estimate of drug-likeness (QED) is 0.894. The van der Waals surface area contributed by atoms with Gasteiger partial charge in [-0.25, -0.2) is 4.79 Å². The van der Waals surface area contributed by atoms with Crippen LogP contribution in [0.15, 0.2) is 40.2 Å². The van der Waals surface area contributed by atoms with Crippen molar-refractivity contribution < 1.29 is 9.90 Å². The molecular weight excluding hydrogens is 288 g/mol. The molecule has 2 N–H and O–H groups in total. The minimum atomic E-state index is -0.830. The molecule has 0 spiro atoms. The Morgan fingerprint density at radius 2 is 2.05 bits per heavy atom. The van der Waals surface area contributed by atoms with Crippen molar-refractivity contribution in [2.24, 2.45) is 0 Å². The van der Waals surface area contributed by atoms with Crippen molar-refractivity contribution in [1.82, 2.24) is 9.88 Å². The Balaban J connectivity index is 1.71. The fourth-order valence-corrected chi connectivity index (χ4v) is 3.77. The Bertz CT molecular complexity index is 720. The van der Waals surface area contributed by atoms with Crippen LogP contribution in [0.4, 0.5) is 4.79 Å². The number of thioether (sulfide) groups is 1. The second kappa shape index (κ2) is 5.81. The summed E-state index contributed by atoms with van der Waals surface area (Å²) in [5.41, 5.74) is -0.0705. The summed E-state index contributed by atoms with van der Waals surface area (Å²) in [4.78, 5) is 27.8. The number of nitrogens with zero attached hydrogens (tertiary/aromatic N) is 1. The first kappa shape index (κ1) is 14.0. The second-order valence-electron chi connectivity index (χ2n) is 5.14. The van der Waals surface area contributed by atoms with E-state index in [2.05, 4.69) is 4.98 Å². The molecule has 1 aromatic heterocycles. The Morgan fingerprint density at radius 3 is 2.76 bits per heavy atom. The summed E-state index contributed by atoms with van der Waals surface area (Å²) in [7, 11) is 0. The second-order valence-corrected chi connectivity index (χ2v) is 6.52. The van der Waals surface area contributed by atoms with Gasteiger partial charge in [0.25, 0.3) is 5.56 Å². The van der Waals surface area contributed by atoms with Gasteiger partial charge in [-0.1, -0.05) is 0 Å². The number of aromatic amines is 1. The van der Waals surface area contributed by atoms with Crippen LogP contribution in [0.2, 0.25) is 0 Å². The first-order valence-electron chi connectivity index (χ1n) is 6.89. The highest BCUT2D eigenvalue weighted by atomic mass is 32.2. The zero-order chi connectivity index (χ0) is 14.8. The van der Waals surface area contributed by atoms with Gasteiger partial charge in [-0.2, -0.15) is 0 Å². The molecule has 0 atom stereocenters. The van der Waals surface area contributed by atoms with Gasteiger partial charge in [-0.3, -0.25) is 4.79 Å². The van der Waals surface area contributed by atoms with Gasteiger partial charge in [0.15, 0.2) is 0 Å². The summed E-state index contributed by atoms with van der Waals surface area (Å²) in [5, 5.41) is 11.0. The largest absolute Gasteiger partial charge is 0.465 e. The van der Waals surface area contributed by atoms with E-state index in [-0.39, 0.29) is 5.56 Å². The van der Waals surface area contributed by atoms with Crippen LogP contribution in [0.25, 0.3) is 10.8 Å². The molecule has 3 rings (SSSR count). The molecule has 1 saturated heterocycles. The van der Waals surface area contributed by atoms with Crippen molar-refractivity contribution in [3.8, 4) is 0 Å². The molecule has 1 aromatic carbocycles. The van der Waals surface area contributed by atoms with E-state index in [0.717, 1.165) is 23.1 Å². The highest BCUT2D eigenvalue weighted by Crippen LogP contribution is 2.31. The van der Waals surface area contributed by atoms with Crippen molar-refractivity contribution >= 4 is 28.6 Å². The first-order chi connectivity index (χ1) is 10.1. The zero-order valence-electron chi connectivity index (χ0n) is 11.4. The molecule has 1 aliphatic rings. The van der Waals surface area contributed by atoms with E-state index in [0.29, 0.717) is 23.7 Å². The molecule has 5 nitrogen and oxygen atoms in total. The van der Waals surface area contributed by atoms with Crippen LogP contribution in [0.1, 0.15) is 12.8 Å². The third kappa shape index (κ3) is 3.05. The van der Waals surface area contributed by atoms with Crippen LogP contribution in [-0.2, 0) is 0 Å². The molecule has 21 heavy (non-hydrogen) atoms. The highest BCUT2D eigenvalue weighted by Gasteiger charge is 2.22. The number of carbonyl (C=O) groups is 1. The number of hydrogen-bond donors (Lipinski definition) is 2. The third-order valence-electron chi connectivity index (χ3n) is 3.76. The summed E-state index contributed by atoms with van der Waals surface area (Å²) in [6.07, 6.45) is 2.56. The average Bonchev–Trinajstić information content (AvgIpc) is 2.48. The fourth-order valence-electron chi connectivity index (χ4n) is 2.60. The van der Waals surface area contributed by atoms with Crippen molar-refractivity contribution in [2.75, 3.05) is 13.1 Å². The van der Waals surface area contributed by atoms with E-state index in [9.17, 15) is 9.59 Å². The number of piperidine rings is 1. The van der Waals surface area contributed by atoms with Crippen LogP contribution < -0.4 is 5.56 Å². The zero-order valence-corrected chi connectivity index (χ0v) is 12.2. The number of fused-ring (bicyclic) bond motifs is 1. The molecule has 1 fully saturated rings. The lowest BCUT2D eigenvalue weighted by Crippen LogP contribution is -2.38. The Labute approximate surface area is 126 Å². The van der Waals surface area contributed by atoms with Crippen molar-refractivity contribution in [2.45, 2.75) is 23.0 Å². The number of hydrogen-bond acceptors (Lipinski definition) is 3. The van der Waals surface area contributed by atoms with Gasteiger partial charge in [0, 0.05) is 34.8 Å². The van der Waals surface area contributed by atoms with Gasteiger partial charge in [-0.15, -0.1) is 11.8 Å². The van der Waals surface area contributed by atoms with E-state index in [1.165, 1.54) is 4.90 Å². The highest BCUT2D eigenvalue weighted by molar-refractivity contribution is 8.00. The Hall–Kier alpha value is -1.95. The maximum atomic E-state index is 11.7. The van der Waals surface area contributed by atoms with E-state index >= 15 is 0 Å². The minimum absolute atomic E-state index is 0.0705. The SMILES string of the molecule is O=C(O)N1CCC(Sc2ccc3c(=O)[nH]ccc3c2)CC1. The number of carboxylic acid groups (broad SMARTS) is 1. The summed E-state index contributed by atoms with van der Waals surface area (Å²) in [5.74, 6) is 0. The maximum Gasteiger partial charge on any atom is 0.407 e. The van der Waals surface area contributed by atoms with E-state index in [1.807, 2.05) is 24.3 Å². The number of likely N-dealkylation sites (tertiary alicyclic amines) is 1. The predicted octanol–water partition coefficient (Wildman–Crippen LogP) is 2.76. The molecule has 0 radical (unpaired) electrons.